The number of hydrogen-bond acceptors (Lipinski definition) is 5. The number of carbonyl (C=O) groups is 2. The molecule has 0 N–H and O–H groups in total. The molecule has 4 rings (SSSR count). The van der Waals surface area contributed by atoms with Crippen LogP contribution in [0.3, 0.4) is 0 Å². The van der Waals surface area contributed by atoms with E-state index in [0.29, 0.717) is 37.7 Å². The number of aromatic nitrogens is 3. The van der Waals surface area contributed by atoms with Gasteiger partial charge >= 0.3 is 0 Å². The van der Waals surface area contributed by atoms with E-state index in [1.807, 2.05) is 17.5 Å². The van der Waals surface area contributed by atoms with E-state index in [4.69, 9.17) is 0 Å². The number of rotatable bonds is 3. The average molecular weight is 399 g/mol. The lowest BCUT2D eigenvalue weighted by atomic mass is 10.3. The largest absolute Gasteiger partial charge is 0.339 e. The molecular formula is C19H18FN5O2S. The summed E-state index contributed by atoms with van der Waals surface area (Å²) in [7, 11) is 0. The van der Waals surface area contributed by atoms with Crippen LogP contribution in [0, 0.1) is 5.82 Å². The number of amides is 2. The minimum absolute atomic E-state index is 0.00536. The Labute approximate surface area is 165 Å². The second-order valence-electron chi connectivity index (χ2n) is 6.42. The Morgan fingerprint density at radius 2 is 1.71 bits per heavy atom. The topological polar surface area (TPSA) is 71.3 Å². The van der Waals surface area contributed by atoms with Gasteiger partial charge in [0.2, 0.25) is 11.7 Å². The highest BCUT2D eigenvalue weighted by Gasteiger charge is 2.27. The van der Waals surface area contributed by atoms with Gasteiger partial charge in [0.25, 0.3) is 5.91 Å². The van der Waals surface area contributed by atoms with E-state index in [2.05, 4.69) is 10.1 Å². The van der Waals surface area contributed by atoms with Crippen molar-refractivity contribution in [3.05, 3.63) is 53.4 Å². The molecule has 1 aromatic carbocycles. The molecule has 0 unspecified atom stereocenters. The SMILES string of the molecule is CC(=O)N1CCN(C(=O)c2nc(-c3cccs3)n(-c3ccc(F)cc3)n2)CC1. The van der Waals surface area contributed by atoms with Crippen molar-refractivity contribution >= 4 is 23.2 Å². The molecule has 9 heteroatoms. The Morgan fingerprint density at radius 1 is 1.04 bits per heavy atom. The van der Waals surface area contributed by atoms with Gasteiger partial charge in [-0.05, 0) is 35.7 Å². The highest BCUT2D eigenvalue weighted by atomic mass is 32.1. The van der Waals surface area contributed by atoms with Crippen molar-refractivity contribution in [3.8, 4) is 16.4 Å². The molecule has 28 heavy (non-hydrogen) atoms. The van der Waals surface area contributed by atoms with Crippen LogP contribution in [-0.2, 0) is 4.79 Å². The molecule has 2 aromatic heterocycles. The maximum atomic E-state index is 13.3. The molecule has 0 radical (unpaired) electrons. The van der Waals surface area contributed by atoms with E-state index >= 15 is 0 Å². The van der Waals surface area contributed by atoms with E-state index in [1.54, 1.807) is 26.6 Å². The lowest BCUT2D eigenvalue weighted by Gasteiger charge is -2.33. The summed E-state index contributed by atoms with van der Waals surface area (Å²) in [4.78, 5) is 33.1. The third-order valence-electron chi connectivity index (χ3n) is 4.62. The fraction of sp³-hybridized carbons (Fsp3) is 0.263. The molecule has 0 saturated carbocycles. The molecule has 1 fully saturated rings. The van der Waals surface area contributed by atoms with Crippen LogP contribution in [-0.4, -0.2) is 62.6 Å². The standard InChI is InChI=1S/C19H18FN5O2S/c1-13(26)23-8-10-24(11-9-23)19(27)17-21-18(16-3-2-12-28-16)25(22-17)15-6-4-14(20)5-7-15/h2-7,12H,8-11H2,1H3. The number of nitrogens with zero attached hydrogens (tertiary/aromatic N) is 5. The van der Waals surface area contributed by atoms with Gasteiger partial charge in [-0.1, -0.05) is 6.07 Å². The fourth-order valence-electron chi connectivity index (χ4n) is 3.10. The van der Waals surface area contributed by atoms with Gasteiger partial charge in [-0.3, -0.25) is 9.59 Å². The molecule has 1 aliphatic heterocycles. The van der Waals surface area contributed by atoms with Crippen LogP contribution >= 0.6 is 11.3 Å². The van der Waals surface area contributed by atoms with Crippen molar-refractivity contribution in [2.45, 2.75) is 6.92 Å². The Hall–Kier alpha value is -3.07. The van der Waals surface area contributed by atoms with Gasteiger partial charge in [-0.2, -0.15) is 0 Å². The van der Waals surface area contributed by atoms with Crippen LogP contribution in [0.2, 0.25) is 0 Å². The minimum Gasteiger partial charge on any atom is -0.339 e. The molecule has 2 amide bonds. The first kappa shape index (κ1) is 18.3. The molecule has 3 heterocycles. The lowest BCUT2D eigenvalue weighted by molar-refractivity contribution is -0.130. The third kappa shape index (κ3) is 3.53. The van der Waals surface area contributed by atoms with Crippen molar-refractivity contribution in [2.24, 2.45) is 0 Å². The fourth-order valence-corrected chi connectivity index (χ4v) is 3.79. The van der Waals surface area contributed by atoms with Crippen LogP contribution in [0.15, 0.2) is 41.8 Å². The second kappa shape index (κ2) is 7.51. The Morgan fingerprint density at radius 3 is 2.32 bits per heavy atom. The highest BCUT2D eigenvalue weighted by molar-refractivity contribution is 7.13. The Kier molecular flexibility index (Phi) is 4.91. The number of carbonyl (C=O) groups excluding carboxylic acids is 2. The normalized spacial score (nSPS) is 14.4. The van der Waals surface area contributed by atoms with Crippen molar-refractivity contribution in [1.82, 2.24) is 24.6 Å². The molecular weight excluding hydrogens is 381 g/mol. The number of piperazine rings is 1. The quantitative estimate of drug-likeness (QED) is 0.678. The molecule has 1 aliphatic rings. The summed E-state index contributed by atoms with van der Waals surface area (Å²) < 4.78 is 14.9. The predicted octanol–water partition coefficient (Wildman–Crippen LogP) is 2.44. The maximum Gasteiger partial charge on any atom is 0.293 e. The van der Waals surface area contributed by atoms with Crippen molar-refractivity contribution in [2.75, 3.05) is 26.2 Å². The van der Waals surface area contributed by atoms with Crippen molar-refractivity contribution < 1.29 is 14.0 Å². The number of benzene rings is 1. The summed E-state index contributed by atoms with van der Waals surface area (Å²) in [5.74, 6) is 0.00479. The van der Waals surface area contributed by atoms with Crippen LogP contribution < -0.4 is 0 Å². The van der Waals surface area contributed by atoms with E-state index in [0.717, 1.165) is 4.88 Å². The molecule has 0 atom stereocenters. The summed E-state index contributed by atoms with van der Waals surface area (Å²) in [6.07, 6.45) is 0. The Balaban J connectivity index is 1.65. The summed E-state index contributed by atoms with van der Waals surface area (Å²) in [6.45, 7) is 3.40. The maximum absolute atomic E-state index is 13.3. The average Bonchev–Trinajstić information content (AvgIpc) is 3.38. The van der Waals surface area contributed by atoms with Gasteiger partial charge in [0, 0.05) is 33.1 Å². The van der Waals surface area contributed by atoms with Gasteiger partial charge in [0.15, 0.2) is 5.82 Å². The number of halogens is 1. The molecule has 0 bridgehead atoms. The minimum atomic E-state index is -0.346. The summed E-state index contributed by atoms with van der Waals surface area (Å²) in [5, 5.41) is 6.33. The van der Waals surface area contributed by atoms with Crippen molar-refractivity contribution in [3.63, 3.8) is 0 Å². The molecule has 0 spiro atoms. The lowest BCUT2D eigenvalue weighted by Crippen LogP contribution is -2.50. The first-order chi connectivity index (χ1) is 13.5. The first-order valence-electron chi connectivity index (χ1n) is 8.84. The van der Waals surface area contributed by atoms with Crippen molar-refractivity contribution in [1.29, 1.82) is 0 Å². The predicted molar refractivity (Wildman–Crippen MR) is 103 cm³/mol. The molecule has 7 nitrogen and oxygen atoms in total. The smallest absolute Gasteiger partial charge is 0.293 e. The van der Waals surface area contributed by atoms with Gasteiger partial charge in [0.05, 0.1) is 10.6 Å². The molecule has 144 valence electrons. The van der Waals surface area contributed by atoms with Gasteiger partial charge in [0.1, 0.15) is 5.82 Å². The van der Waals surface area contributed by atoms with Crippen LogP contribution in [0.1, 0.15) is 17.5 Å². The third-order valence-corrected chi connectivity index (χ3v) is 5.49. The van der Waals surface area contributed by atoms with Crippen LogP contribution in [0.25, 0.3) is 16.4 Å². The summed E-state index contributed by atoms with van der Waals surface area (Å²) in [6, 6.07) is 9.68. The zero-order valence-corrected chi connectivity index (χ0v) is 16.0. The van der Waals surface area contributed by atoms with E-state index in [9.17, 15) is 14.0 Å². The Bertz CT molecular complexity index is 992. The zero-order valence-electron chi connectivity index (χ0n) is 15.2. The number of thiophene rings is 1. The van der Waals surface area contributed by atoms with Crippen LogP contribution in [0.5, 0.6) is 0 Å². The highest BCUT2D eigenvalue weighted by Crippen LogP contribution is 2.26. The van der Waals surface area contributed by atoms with Gasteiger partial charge in [-0.25, -0.2) is 14.1 Å². The van der Waals surface area contributed by atoms with E-state index < -0.39 is 0 Å². The molecule has 0 aliphatic carbocycles. The monoisotopic (exact) mass is 399 g/mol. The van der Waals surface area contributed by atoms with E-state index in [-0.39, 0.29) is 23.5 Å². The number of hydrogen-bond donors (Lipinski definition) is 0. The van der Waals surface area contributed by atoms with E-state index in [1.165, 1.54) is 30.4 Å². The second-order valence-corrected chi connectivity index (χ2v) is 7.37. The van der Waals surface area contributed by atoms with Crippen LogP contribution in [0.4, 0.5) is 4.39 Å². The van der Waals surface area contributed by atoms with Gasteiger partial charge in [-0.15, -0.1) is 16.4 Å². The van der Waals surface area contributed by atoms with Gasteiger partial charge < -0.3 is 9.80 Å². The molecule has 3 aromatic rings. The summed E-state index contributed by atoms with van der Waals surface area (Å²) in [5.41, 5.74) is 0.623. The zero-order chi connectivity index (χ0) is 19.7. The molecule has 1 saturated heterocycles. The summed E-state index contributed by atoms with van der Waals surface area (Å²) >= 11 is 1.49. The first-order valence-corrected chi connectivity index (χ1v) is 9.72.